The Kier molecular flexibility index (Phi) is 3.85. The van der Waals surface area contributed by atoms with Gasteiger partial charge in [0.1, 0.15) is 17.7 Å². The monoisotopic (exact) mass is 371 g/mol. The fourth-order valence-electron chi connectivity index (χ4n) is 1.53. The molecular weight excluding hydrogens is 363 g/mol. The first-order valence-corrected chi connectivity index (χ1v) is 6.30. The van der Waals surface area contributed by atoms with E-state index in [0.29, 0.717) is 20.6 Å². The number of nitrogen functional groups attached to an aromatic ring is 1. The Morgan fingerprint density at radius 3 is 2.58 bits per heavy atom. The molecule has 0 unspecified atom stereocenters. The SMILES string of the molecule is N#Cc1cc(F)ccc1Nc1cc(F)c(I)cc1N. The van der Waals surface area contributed by atoms with E-state index < -0.39 is 11.6 Å². The highest BCUT2D eigenvalue weighted by molar-refractivity contribution is 14.1. The largest absolute Gasteiger partial charge is 0.397 e. The smallest absolute Gasteiger partial charge is 0.138 e. The molecule has 0 bridgehead atoms. The molecule has 19 heavy (non-hydrogen) atoms. The number of anilines is 3. The molecule has 0 aliphatic heterocycles. The number of nitrogens with two attached hydrogens (primary N) is 1. The second kappa shape index (κ2) is 5.40. The van der Waals surface area contributed by atoms with Crippen molar-refractivity contribution in [3.63, 3.8) is 0 Å². The highest BCUT2D eigenvalue weighted by Gasteiger charge is 2.09. The third-order valence-corrected chi connectivity index (χ3v) is 3.29. The van der Waals surface area contributed by atoms with Crippen molar-refractivity contribution < 1.29 is 8.78 Å². The zero-order chi connectivity index (χ0) is 14.0. The molecule has 0 spiro atoms. The topological polar surface area (TPSA) is 61.8 Å². The van der Waals surface area contributed by atoms with E-state index in [2.05, 4.69) is 5.32 Å². The van der Waals surface area contributed by atoms with Crippen LogP contribution in [0.2, 0.25) is 0 Å². The third-order valence-electron chi connectivity index (χ3n) is 2.46. The third kappa shape index (κ3) is 2.93. The number of hydrogen-bond donors (Lipinski definition) is 2. The molecule has 6 heteroatoms. The summed E-state index contributed by atoms with van der Waals surface area (Å²) in [6.45, 7) is 0. The van der Waals surface area contributed by atoms with Crippen molar-refractivity contribution in [2.45, 2.75) is 0 Å². The quantitative estimate of drug-likeness (QED) is 0.624. The molecule has 0 aromatic heterocycles. The van der Waals surface area contributed by atoms with E-state index in [1.807, 2.05) is 28.7 Å². The van der Waals surface area contributed by atoms with Crippen molar-refractivity contribution in [2.75, 3.05) is 11.1 Å². The lowest BCUT2D eigenvalue weighted by Gasteiger charge is -2.11. The number of nitrogens with zero attached hydrogens (tertiary/aromatic N) is 1. The molecule has 0 radical (unpaired) electrons. The summed E-state index contributed by atoms with van der Waals surface area (Å²) in [4.78, 5) is 0. The molecule has 0 fully saturated rings. The first-order chi connectivity index (χ1) is 9.01. The molecule has 2 rings (SSSR count). The van der Waals surface area contributed by atoms with Gasteiger partial charge in [-0.05, 0) is 46.9 Å². The van der Waals surface area contributed by atoms with E-state index in [1.165, 1.54) is 24.3 Å². The van der Waals surface area contributed by atoms with Gasteiger partial charge in [0.2, 0.25) is 0 Å². The maximum atomic E-state index is 13.5. The van der Waals surface area contributed by atoms with Crippen molar-refractivity contribution in [1.29, 1.82) is 5.26 Å². The molecule has 3 N–H and O–H groups in total. The van der Waals surface area contributed by atoms with Crippen LogP contribution in [0.4, 0.5) is 25.8 Å². The summed E-state index contributed by atoms with van der Waals surface area (Å²) in [5.41, 5.74) is 6.94. The highest BCUT2D eigenvalue weighted by atomic mass is 127. The second-order valence-electron chi connectivity index (χ2n) is 3.78. The Morgan fingerprint density at radius 1 is 1.16 bits per heavy atom. The molecule has 3 nitrogen and oxygen atoms in total. The van der Waals surface area contributed by atoms with Gasteiger partial charge in [-0.1, -0.05) is 0 Å². The zero-order valence-corrected chi connectivity index (χ0v) is 11.7. The molecular formula is C13H8F2IN3. The van der Waals surface area contributed by atoms with Gasteiger partial charge in [-0.25, -0.2) is 8.78 Å². The van der Waals surface area contributed by atoms with Gasteiger partial charge in [0.15, 0.2) is 0 Å². The van der Waals surface area contributed by atoms with E-state index >= 15 is 0 Å². The van der Waals surface area contributed by atoms with Crippen molar-refractivity contribution in [3.8, 4) is 6.07 Å². The molecule has 0 saturated carbocycles. The average molecular weight is 371 g/mol. The fourth-order valence-corrected chi connectivity index (χ4v) is 2.02. The molecule has 0 amide bonds. The van der Waals surface area contributed by atoms with Crippen molar-refractivity contribution in [2.24, 2.45) is 0 Å². The Labute approximate surface area is 122 Å². The lowest BCUT2D eigenvalue weighted by molar-refractivity contribution is 0.621. The summed E-state index contributed by atoms with van der Waals surface area (Å²) in [6, 6.07) is 8.30. The standard InChI is InChI=1S/C13H8F2IN3/c14-8-1-2-12(7(3-8)6-17)19-13-4-9(15)10(16)5-11(13)18/h1-5,19H,18H2. The Bertz CT molecular complexity index is 680. The Balaban J connectivity index is 2.42. The summed E-state index contributed by atoms with van der Waals surface area (Å²) < 4.78 is 26.9. The van der Waals surface area contributed by atoms with Crippen LogP contribution in [0, 0.1) is 26.5 Å². The molecule has 0 atom stereocenters. The number of benzene rings is 2. The molecule has 0 saturated heterocycles. The maximum Gasteiger partial charge on any atom is 0.138 e. The molecule has 0 heterocycles. The van der Waals surface area contributed by atoms with Gasteiger partial charge >= 0.3 is 0 Å². The van der Waals surface area contributed by atoms with Crippen LogP contribution in [0.5, 0.6) is 0 Å². The van der Waals surface area contributed by atoms with Crippen molar-refractivity contribution in [3.05, 3.63) is 51.1 Å². The van der Waals surface area contributed by atoms with E-state index in [1.54, 1.807) is 0 Å². The van der Waals surface area contributed by atoms with E-state index in [4.69, 9.17) is 11.0 Å². The van der Waals surface area contributed by atoms with Crippen LogP contribution in [0.1, 0.15) is 5.56 Å². The van der Waals surface area contributed by atoms with Crippen molar-refractivity contribution in [1.82, 2.24) is 0 Å². The van der Waals surface area contributed by atoms with Crippen LogP contribution < -0.4 is 11.1 Å². The summed E-state index contributed by atoms with van der Waals surface area (Å²) >= 11 is 1.83. The minimum absolute atomic E-state index is 0.123. The first-order valence-electron chi connectivity index (χ1n) is 5.22. The first kappa shape index (κ1) is 13.5. The van der Waals surface area contributed by atoms with Gasteiger partial charge < -0.3 is 11.1 Å². The lowest BCUT2D eigenvalue weighted by Crippen LogP contribution is -2.00. The second-order valence-corrected chi connectivity index (χ2v) is 4.94. The predicted octanol–water partition coefficient (Wildman–Crippen LogP) is 3.77. The zero-order valence-electron chi connectivity index (χ0n) is 9.55. The number of hydrogen-bond acceptors (Lipinski definition) is 3. The van der Waals surface area contributed by atoms with Gasteiger partial charge in [0, 0.05) is 6.07 Å². The van der Waals surface area contributed by atoms with Gasteiger partial charge in [-0.3, -0.25) is 0 Å². The summed E-state index contributed by atoms with van der Waals surface area (Å²) in [7, 11) is 0. The predicted molar refractivity (Wildman–Crippen MR) is 77.9 cm³/mol. The number of nitriles is 1. The fraction of sp³-hybridized carbons (Fsp3) is 0. The maximum absolute atomic E-state index is 13.5. The number of nitrogens with one attached hydrogen (secondary N) is 1. The molecule has 0 aliphatic rings. The average Bonchev–Trinajstić information content (AvgIpc) is 2.37. The van der Waals surface area contributed by atoms with Crippen LogP contribution in [0.15, 0.2) is 30.3 Å². The van der Waals surface area contributed by atoms with Crippen LogP contribution in [0.3, 0.4) is 0 Å². The van der Waals surface area contributed by atoms with Crippen LogP contribution in [-0.4, -0.2) is 0 Å². The van der Waals surface area contributed by atoms with Gasteiger partial charge in [-0.15, -0.1) is 0 Å². The molecule has 96 valence electrons. The van der Waals surface area contributed by atoms with Crippen LogP contribution >= 0.6 is 22.6 Å². The van der Waals surface area contributed by atoms with Crippen LogP contribution in [-0.2, 0) is 0 Å². The Hall–Kier alpha value is -1.88. The highest BCUT2D eigenvalue weighted by Crippen LogP contribution is 2.28. The number of rotatable bonds is 2. The minimum atomic E-state index is -0.510. The van der Waals surface area contributed by atoms with Gasteiger partial charge in [-0.2, -0.15) is 5.26 Å². The summed E-state index contributed by atoms with van der Waals surface area (Å²) in [5.74, 6) is -0.929. The van der Waals surface area contributed by atoms with Crippen LogP contribution in [0.25, 0.3) is 0 Å². The molecule has 0 aliphatic carbocycles. The lowest BCUT2D eigenvalue weighted by atomic mass is 10.1. The number of halogens is 3. The Morgan fingerprint density at radius 2 is 1.89 bits per heavy atom. The summed E-state index contributed by atoms with van der Waals surface area (Å²) in [6.07, 6.45) is 0. The van der Waals surface area contributed by atoms with Gasteiger partial charge in [0.25, 0.3) is 0 Å². The van der Waals surface area contributed by atoms with Gasteiger partial charge in [0.05, 0.1) is 26.2 Å². The van der Waals surface area contributed by atoms with Crippen molar-refractivity contribution >= 4 is 39.7 Å². The molecule has 2 aromatic carbocycles. The normalized spacial score (nSPS) is 10.0. The van der Waals surface area contributed by atoms with E-state index in [9.17, 15) is 8.78 Å². The van der Waals surface area contributed by atoms with E-state index in [-0.39, 0.29) is 5.56 Å². The van der Waals surface area contributed by atoms with E-state index in [0.717, 1.165) is 6.07 Å². The summed E-state index contributed by atoms with van der Waals surface area (Å²) in [5, 5.41) is 11.8. The molecule has 2 aromatic rings. The minimum Gasteiger partial charge on any atom is -0.397 e.